The largest absolute Gasteiger partial charge is 0.321 e. The predicted octanol–water partition coefficient (Wildman–Crippen LogP) is 3.54. The fourth-order valence-corrected chi connectivity index (χ4v) is 2.27. The molecule has 1 heteroatoms. The molecule has 1 saturated carbocycles. The molecule has 1 aliphatic rings. The molecule has 2 N–H and O–H groups in total. The van der Waals surface area contributed by atoms with Gasteiger partial charge in [0.15, 0.2) is 0 Å². The van der Waals surface area contributed by atoms with Gasteiger partial charge in [-0.05, 0) is 42.7 Å². The van der Waals surface area contributed by atoms with Crippen molar-refractivity contribution in [1.29, 1.82) is 0 Å². The van der Waals surface area contributed by atoms with Crippen LogP contribution in [0.5, 0.6) is 0 Å². The minimum Gasteiger partial charge on any atom is -0.321 e. The molecule has 15 heavy (non-hydrogen) atoms. The SMILES string of the molecule is CCC(CC)c1ccc(C2(N)CC2)cc1. The number of rotatable bonds is 4. The second-order valence-corrected chi connectivity index (χ2v) is 4.79. The second kappa shape index (κ2) is 3.97. The Labute approximate surface area is 92.7 Å². The van der Waals surface area contributed by atoms with Crippen molar-refractivity contribution < 1.29 is 0 Å². The molecule has 82 valence electrons. The Morgan fingerprint density at radius 3 is 2.07 bits per heavy atom. The maximum atomic E-state index is 6.16. The summed E-state index contributed by atoms with van der Waals surface area (Å²) in [4.78, 5) is 0. The zero-order valence-electron chi connectivity index (χ0n) is 9.79. The number of hydrogen-bond donors (Lipinski definition) is 1. The van der Waals surface area contributed by atoms with E-state index in [9.17, 15) is 0 Å². The van der Waals surface area contributed by atoms with E-state index in [1.54, 1.807) is 0 Å². The van der Waals surface area contributed by atoms with Crippen LogP contribution in [0.4, 0.5) is 0 Å². The minimum atomic E-state index is 0.0203. The predicted molar refractivity (Wildman–Crippen MR) is 64.9 cm³/mol. The maximum absolute atomic E-state index is 6.16. The van der Waals surface area contributed by atoms with Gasteiger partial charge in [0.05, 0.1) is 0 Å². The molecule has 1 aromatic rings. The van der Waals surface area contributed by atoms with Gasteiger partial charge in [-0.25, -0.2) is 0 Å². The first-order chi connectivity index (χ1) is 7.19. The molecule has 0 unspecified atom stereocenters. The molecule has 0 amide bonds. The van der Waals surface area contributed by atoms with Gasteiger partial charge in [0.2, 0.25) is 0 Å². The Morgan fingerprint density at radius 2 is 1.67 bits per heavy atom. The first-order valence-corrected chi connectivity index (χ1v) is 6.09. The highest BCUT2D eigenvalue weighted by Gasteiger charge is 2.39. The van der Waals surface area contributed by atoms with Crippen LogP contribution in [0.1, 0.15) is 56.6 Å². The molecular weight excluding hydrogens is 182 g/mol. The molecule has 0 heterocycles. The molecule has 2 rings (SSSR count). The van der Waals surface area contributed by atoms with Crippen LogP contribution in [-0.4, -0.2) is 0 Å². The summed E-state index contributed by atoms with van der Waals surface area (Å²) in [6.45, 7) is 4.51. The zero-order chi connectivity index (χ0) is 10.9. The Kier molecular flexibility index (Phi) is 2.83. The molecule has 0 aliphatic heterocycles. The van der Waals surface area contributed by atoms with E-state index in [1.165, 1.54) is 24.0 Å². The van der Waals surface area contributed by atoms with Crippen LogP contribution in [0, 0.1) is 0 Å². The van der Waals surface area contributed by atoms with Crippen LogP contribution in [0.2, 0.25) is 0 Å². The average molecular weight is 203 g/mol. The van der Waals surface area contributed by atoms with Crippen molar-refractivity contribution in [1.82, 2.24) is 0 Å². The Morgan fingerprint density at radius 1 is 1.13 bits per heavy atom. The van der Waals surface area contributed by atoms with Crippen molar-refractivity contribution in [2.75, 3.05) is 0 Å². The van der Waals surface area contributed by atoms with Gasteiger partial charge >= 0.3 is 0 Å². The summed E-state index contributed by atoms with van der Waals surface area (Å²) < 4.78 is 0. The Hall–Kier alpha value is -0.820. The fraction of sp³-hybridized carbons (Fsp3) is 0.571. The maximum Gasteiger partial charge on any atom is 0.0411 e. The van der Waals surface area contributed by atoms with Gasteiger partial charge in [-0.3, -0.25) is 0 Å². The summed E-state index contributed by atoms with van der Waals surface area (Å²) in [5.41, 5.74) is 8.96. The highest BCUT2D eigenvalue weighted by Crippen LogP contribution is 2.42. The van der Waals surface area contributed by atoms with E-state index in [0.717, 1.165) is 12.8 Å². The first-order valence-electron chi connectivity index (χ1n) is 6.09. The van der Waals surface area contributed by atoms with E-state index in [1.807, 2.05) is 0 Å². The van der Waals surface area contributed by atoms with E-state index in [2.05, 4.69) is 38.1 Å². The third-order valence-corrected chi connectivity index (χ3v) is 3.73. The van der Waals surface area contributed by atoms with Crippen LogP contribution >= 0.6 is 0 Å². The van der Waals surface area contributed by atoms with E-state index >= 15 is 0 Å². The van der Waals surface area contributed by atoms with Gasteiger partial charge in [-0.2, -0.15) is 0 Å². The summed E-state index contributed by atoms with van der Waals surface area (Å²) in [7, 11) is 0. The van der Waals surface area contributed by atoms with Gasteiger partial charge in [-0.15, -0.1) is 0 Å². The molecule has 0 aromatic heterocycles. The molecule has 1 aromatic carbocycles. The quantitative estimate of drug-likeness (QED) is 0.796. The lowest BCUT2D eigenvalue weighted by Gasteiger charge is -2.15. The molecule has 1 fully saturated rings. The summed E-state index contributed by atoms with van der Waals surface area (Å²) in [6, 6.07) is 8.97. The van der Waals surface area contributed by atoms with Gasteiger partial charge in [0.25, 0.3) is 0 Å². The molecule has 0 spiro atoms. The topological polar surface area (TPSA) is 26.0 Å². The van der Waals surface area contributed by atoms with Crippen molar-refractivity contribution in [3.05, 3.63) is 35.4 Å². The van der Waals surface area contributed by atoms with Gasteiger partial charge < -0.3 is 5.73 Å². The van der Waals surface area contributed by atoms with Crippen LogP contribution in [0.15, 0.2) is 24.3 Å². The van der Waals surface area contributed by atoms with Crippen LogP contribution in [0.3, 0.4) is 0 Å². The smallest absolute Gasteiger partial charge is 0.0411 e. The molecule has 1 aliphatic carbocycles. The van der Waals surface area contributed by atoms with Crippen LogP contribution < -0.4 is 5.73 Å². The highest BCUT2D eigenvalue weighted by molar-refractivity contribution is 5.33. The molecule has 1 nitrogen and oxygen atoms in total. The Balaban J connectivity index is 2.16. The lowest BCUT2D eigenvalue weighted by molar-refractivity contribution is 0.640. The van der Waals surface area contributed by atoms with E-state index in [0.29, 0.717) is 5.92 Å². The lowest BCUT2D eigenvalue weighted by Crippen LogP contribution is -2.18. The van der Waals surface area contributed by atoms with Crippen LogP contribution in [-0.2, 0) is 5.54 Å². The molecular formula is C14H21N. The number of hydrogen-bond acceptors (Lipinski definition) is 1. The molecule has 0 atom stereocenters. The summed E-state index contributed by atoms with van der Waals surface area (Å²) >= 11 is 0. The van der Waals surface area contributed by atoms with Gasteiger partial charge in [0, 0.05) is 5.54 Å². The van der Waals surface area contributed by atoms with E-state index in [-0.39, 0.29) is 5.54 Å². The summed E-state index contributed by atoms with van der Waals surface area (Å²) in [6.07, 6.45) is 4.75. The highest BCUT2D eigenvalue weighted by atomic mass is 14.8. The van der Waals surface area contributed by atoms with Crippen molar-refractivity contribution in [3.63, 3.8) is 0 Å². The van der Waals surface area contributed by atoms with Gasteiger partial charge in [0.1, 0.15) is 0 Å². The average Bonchev–Trinajstić information content (AvgIpc) is 3.01. The van der Waals surface area contributed by atoms with Gasteiger partial charge in [-0.1, -0.05) is 38.1 Å². The van der Waals surface area contributed by atoms with Crippen LogP contribution in [0.25, 0.3) is 0 Å². The van der Waals surface area contributed by atoms with E-state index in [4.69, 9.17) is 5.73 Å². The molecule has 0 radical (unpaired) electrons. The van der Waals surface area contributed by atoms with Crippen molar-refractivity contribution in [2.24, 2.45) is 5.73 Å². The standard InChI is InChI=1S/C14H21N/c1-3-11(4-2)12-5-7-13(8-6-12)14(15)9-10-14/h5-8,11H,3-4,9-10,15H2,1-2H3. The third kappa shape index (κ3) is 2.07. The first kappa shape index (κ1) is 10.7. The number of benzene rings is 1. The molecule has 0 bridgehead atoms. The second-order valence-electron chi connectivity index (χ2n) is 4.79. The minimum absolute atomic E-state index is 0.0203. The zero-order valence-corrected chi connectivity index (χ0v) is 9.79. The lowest BCUT2D eigenvalue weighted by atomic mass is 9.92. The molecule has 0 saturated heterocycles. The fourth-order valence-electron chi connectivity index (χ4n) is 2.27. The van der Waals surface area contributed by atoms with Crippen molar-refractivity contribution >= 4 is 0 Å². The van der Waals surface area contributed by atoms with Crippen molar-refractivity contribution in [2.45, 2.75) is 51.0 Å². The summed E-state index contributed by atoms with van der Waals surface area (Å²) in [5.74, 6) is 0.715. The number of nitrogens with two attached hydrogens (primary N) is 1. The van der Waals surface area contributed by atoms with E-state index < -0.39 is 0 Å². The Bertz CT molecular complexity index is 318. The summed E-state index contributed by atoms with van der Waals surface area (Å²) in [5, 5.41) is 0. The van der Waals surface area contributed by atoms with Crippen molar-refractivity contribution in [3.8, 4) is 0 Å². The normalized spacial score (nSPS) is 18.1. The third-order valence-electron chi connectivity index (χ3n) is 3.73. The monoisotopic (exact) mass is 203 g/mol.